The standard InChI is InChI=1S/C21H23NO6S/c1-12(2)28-21(27)15(9-14-4-7-17(24)19(26)11-14)22-20(29)8-5-13-3-6-16(23)18(25)10-13/h3-8,10-12,15,23-26H,9H2,1-2H3,(H,22,29)/b8-5+. The Balaban J connectivity index is 2.13. The van der Waals surface area contributed by atoms with Crippen LogP contribution in [0.25, 0.3) is 6.08 Å². The summed E-state index contributed by atoms with van der Waals surface area (Å²) < 4.78 is 5.27. The largest absolute Gasteiger partial charge is 0.504 e. The van der Waals surface area contributed by atoms with Crippen molar-refractivity contribution in [3.8, 4) is 23.0 Å². The second-order valence-corrected chi connectivity index (χ2v) is 7.10. The molecule has 8 heteroatoms. The maximum Gasteiger partial charge on any atom is 0.329 e. The number of hydrogen-bond donors (Lipinski definition) is 5. The highest BCUT2D eigenvalue weighted by molar-refractivity contribution is 7.80. The van der Waals surface area contributed by atoms with Crippen LogP contribution in [0.5, 0.6) is 23.0 Å². The van der Waals surface area contributed by atoms with Crippen LogP contribution < -0.4 is 5.32 Å². The summed E-state index contributed by atoms with van der Waals surface area (Å²) in [5.41, 5.74) is 1.21. The number of nitrogens with one attached hydrogen (secondary N) is 1. The van der Waals surface area contributed by atoms with E-state index in [-0.39, 0.29) is 40.5 Å². The lowest BCUT2D eigenvalue weighted by atomic mass is 10.0. The molecule has 1 atom stereocenters. The average molecular weight is 417 g/mol. The van der Waals surface area contributed by atoms with E-state index in [9.17, 15) is 25.2 Å². The smallest absolute Gasteiger partial charge is 0.329 e. The minimum absolute atomic E-state index is 0.174. The number of aromatic hydroxyl groups is 4. The summed E-state index contributed by atoms with van der Waals surface area (Å²) in [7, 11) is 0. The Morgan fingerprint density at radius 3 is 2.24 bits per heavy atom. The number of carbonyl (C=O) groups excluding carboxylic acids is 1. The monoisotopic (exact) mass is 417 g/mol. The second kappa shape index (κ2) is 9.79. The van der Waals surface area contributed by atoms with E-state index in [1.54, 1.807) is 38.1 Å². The summed E-state index contributed by atoms with van der Waals surface area (Å²) in [6, 6.07) is 7.80. The fourth-order valence-corrected chi connectivity index (χ4v) is 2.69. The molecule has 0 heterocycles. The number of ether oxygens (including phenoxy) is 1. The lowest BCUT2D eigenvalue weighted by molar-refractivity contribution is -0.149. The lowest BCUT2D eigenvalue weighted by Gasteiger charge is -2.20. The van der Waals surface area contributed by atoms with Crippen molar-refractivity contribution in [3.63, 3.8) is 0 Å². The Kier molecular flexibility index (Phi) is 7.44. The molecule has 0 aliphatic rings. The predicted molar refractivity (Wildman–Crippen MR) is 113 cm³/mol. The van der Waals surface area contributed by atoms with Gasteiger partial charge in [0.25, 0.3) is 0 Å². The van der Waals surface area contributed by atoms with Crippen molar-refractivity contribution >= 4 is 29.3 Å². The first-order valence-electron chi connectivity index (χ1n) is 8.87. The van der Waals surface area contributed by atoms with Crippen molar-refractivity contribution in [2.24, 2.45) is 0 Å². The molecule has 0 spiro atoms. The molecule has 0 fully saturated rings. The Morgan fingerprint density at radius 2 is 1.66 bits per heavy atom. The highest BCUT2D eigenvalue weighted by atomic mass is 32.1. The van der Waals surface area contributed by atoms with Crippen LogP contribution in [0.2, 0.25) is 0 Å². The van der Waals surface area contributed by atoms with E-state index >= 15 is 0 Å². The molecule has 29 heavy (non-hydrogen) atoms. The van der Waals surface area contributed by atoms with Crippen molar-refractivity contribution in [3.05, 3.63) is 53.6 Å². The summed E-state index contributed by atoms with van der Waals surface area (Å²) in [6.45, 7) is 3.47. The summed E-state index contributed by atoms with van der Waals surface area (Å²) in [5, 5.41) is 40.9. The summed E-state index contributed by atoms with van der Waals surface area (Å²) in [6.07, 6.45) is 3.02. The van der Waals surface area contributed by atoms with Crippen LogP contribution in [-0.4, -0.2) is 43.5 Å². The molecule has 0 radical (unpaired) electrons. The Hall–Kier alpha value is -3.26. The van der Waals surface area contributed by atoms with Crippen molar-refractivity contribution < 1.29 is 30.0 Å². The molecule has 0 saturated heterocycles. The van der Waals surface area contributed by atoms with Gasteiger partial charge in [-0.2, -0.15) is 0 Å². The van der Waals surface area contributed by atoms with E-state index in [0.29, 0.717) is 11.1 Å². The van der Waals surface area contributed by atoms with E-state index in [4.69, 9.17) is 17.0 Å². The molecule has 0 aromatic heterocycles. The number of benzene rings is 2. The van der Waals surface area contributed by atoms with Crippen LogP contribution in [0.1, 0.15) is 25.0 Å². The number of thiocarbonyl (C=S) groups is 1. The van der Waals surface area contributed by atoms with Gasteiger partial charge in [-0.05, 0) is 55.3 Å². The number of carbonyl (C=O) groups is 1. The van der Waals surface area contributed by atoms with Crippen molar-refractivity contribution in [2.75, 3.05) is 0 Å². The zero-order valence-electron chi connectivity index (χ0n) is 16.0. The van der Waals surface area contributed by atoms with E-state index in [1.807, 2.05) is 0 Å². The third kappa shape index (κ3) is 6.69. The van der Waals surface area contributed by atoms with Crippen LogP contribution in [0.3, 0.4) is 0 Å². The number of hydrogen-bond acceptors (Lipinski definition) is 7. The molecule has 0 amide bonds. The maximum absolute atomic E-state index is 12.5. The SMILES string of the molecule is CC(C)OC(=O)C(Cc1ccc(O)c(O)c1)NC(=S)/C=C/c1ccc(O)c(O)c1. The fraction of sp³-hybridized carbons (Fsp3) is 0.238. The molecular weight excluding hydrogens is 394 g/mol. The summed E-state index contributed by atoms with van der Waals surface area (Å²) >= 11 is 5.28. The molecule has 154 valence electrons. The molecule has 7 nitrogen and oxygen atoms in total. The van der Waals surface area contributed by atoms with E-state index in [1.165, 1.54) is 24.3 Å². The zero-order valence-corrected chi connectivity index (χ0v) is 16.8. The molecule has 0 saturated carbocycles. The predicted octanol–water partition coefficient (Wildman–Crippen LogP) is 3.00. The molecule has 0 aliphatic carbocycles. The number of phenolic OH excluding ortho intramolecular Hbond substituents is 4. The van der Waals surface area contributed by atoms with Crippen LogP contribution in [0.15, 0.2) is 42.5 Å². The molecule has 2 rings (SSSR count). The quantitative estimate of drug-likeness (QED) is 0.202. The first kappa shape index (κ1) is 22.0. The molecule has 2 aromatic rings. The summed E-state index contributed by atoms with van der Waals surface area (Å²) in [5.74, 6) is -1.52. The van der Waals surface area contributed by atoms with Crippen LogP contribution in [-0.2, 0) is 16.0 Å². The van der Waals surface area contributed by atoms with Gasteiger partial charge in [-0.15, -0.1) is 0 Å². The van der Waals surface area contributed by atoms with Crippen molar-refractivity contribution in [1.29, 1.82) is 0 Å². The van der Waals surface area contributed by atoms with E-state index in [0.717, 1.165) is 0 Å². The third-order valence-corrected chi connectivity index (χ3v) is 4.11. The molecular formula is C21H23NO6S. The van der Waals surface area contributed by atoms with E-state index in [2.05, 4.69) is 5.32 Å². The normalized spacial score (nSPS) is 12.1. The molecule has 5 N–H and O–H groups in total. The Labute approximate surface area is 173 Å². The molecule has 0 bridgehead atoms. The average Bonchev–Trinajstić information content (AvgIpc) is 2.64. The van der Waals surface area contributed by atoms with Crippen molar-refractivity contribution in [2.45, 2.75) is 32.4 Å². The minimum Gasteiger partial charge on any atom is -0.504 e. The minimum atomic E-state index is -0.813. The van der Waals surface area contributed by atoms with Gasteiger partial charge >= 0.3 is 5.97 Å². The summed E-state index contributed by atoms with van der Waals surface area (Å²) in [4.78, 5) is 12.7. The lowest BCUT2D eigenvalue weighted by Crippen LogP contribution is -2.42. The number of phenols is 4. The zero-order chi connectivity index (χ0) is 21.6. The topological polar surface area (TPSA) is 119 Å². The van der Waals surface area contributed by atoms with Gasteiger partial charge in [0, 0.05) is 6.42 Å². The Bertz CT molecular complexity index is 925. The van der Waals surface area contributed by atoms with Gasteiger partial charge in [0.05, 0.1) is 11.1 Å². The first-order chi connectivity index (χ1) is 13.7. The van der Waals surface area contributed by atoms with Gasteiger partial charge in [-0.25, -0.2) is 4.79 Å². The molecule has 2 aromatic carbocycles. The number of esters is 1. The van der Waals surface area contributed by atoms with Crippen molar-refractivity contribution in [1.82, 2.24) is 5.32 Å². The fourth-order valence-electron chi connectivity index (χ4n) is 2.48. The molecule has 1 unspecified atom stereocenters. The highest BCUT2D eigenvalue weighted by Crippen LogP contribution is 2.26. The third-order valence-electron chi connectivity index (χ3n) is 3.86. The maximum atomic E-state index is 12.5. The highest BCUT2D eigenvalue weighted by Gasteiger charge is 2.22. The van der Waals surface area contributed by atoms with Gasteiger partial charge < -0.3 is 30.5 Å². The first-order valence-corrected chi connectivity index (χ1v) is 9.28. The van der Waals surface area contributed by atoms with Crippen LogP contribution >= 0.6 is 12.2 Å². The molecule has 0 aliphatic heterocycles. The van der Waals surface area contributed by atoms with Gasteiger partial charge in [0.2, 0.25) is 0 Å². The Morgan fingerprint density at radius 1 is 1.03 bits per heavy atom. The van der Waals surface area contributed by atoms with Gasteiger partial charge in [-0.3, -0.25) is 0 Å². The van der Waals surface area contributed by atoms with E-state index < -0.39 is 12.0 Å². The van der Waals surface area contributed by atoms with Crippen LogP contribution in [0.4, 0.5) is 0 Å². The van der Waals surface area contributed by atoms with Gasteiger partial charge in [-0.1, -0.05) is 30.4 Å². The number of rotatable bonds is 7. The van der Waals surface area contributed by atoms with Gasteiger partial charge in [0.1, 0.15) is 6.04 Å². The van der Waals surface area contributed by atoms with Crippen LogP contribution in [0, 0.1) is 0 Å². The second-order valence-electron chi connectivity index (χ2n) is 6.66. The van der Waals surface area contributed by atoms with Gasteiger partial charge in [0.15, 0.2) is 23.0 Å².